The van der Waals surface area contributed by atoms with E-state index in [2.05, 4.69) is 36.4 Å². The molecule has 1 atom stereocenters. The molecule has 2 aromatic carbocycles. The van der Waals surface area contributed by atoms with Crippen LogP contribution in [-0.4, -0.2) is 26.8 Å². The smallest absolute Gasteiger partial charge is 0.225 e. The van der Waals surface area contributed by atoms with Crippen molar-refractivity contribution in [1.29, 1.82) is 0 Å². The highest BCUT2D eigenvalue weighted by Gasteiger charge is 2.11. The van der Waals surface area contributed by atoms with Crippen molar-refractivity contribution in [2.45, 2.75) is 27.1 Å². The third-order valence-corrected chi connectivity index (χ3v) is 4.60. The molecule has 0 fully saturated rings. The summed E-state index contributed by atoms with van der Waals surface area (Å²) in [5.74, 6) is -0.222. The topological polar surface area (TPSA) is 40.1 Å². The number of tetrazole rings is 1. The third-order valence-electron chi connectivity index (χ3n) is 4.21. The number of halogens is 1. The lowest BCUT2D eigenvalue weighted by Crippen LogP contribution is -3.07. The molecule has 3 rings (SSSR count). The highest BCUT2D eigenvalue weighted by Crippen LogP contribution is 2.13. The van der Waals surface area contributed by atoms with Gasteiger partial charge in [-0.05, 0) is 71.9 Å². The summed E-state index contributed by atoms with van der Waals surface area (Å²) >= 11 is 5.52. The molecular weight excluding hydrogens is 337 g/mol. The van der Waals surface area contributed by atoms with Crippen LogP contribution in [0.5, 0.6) is 0 Å². The Kier molecular flexibility index (Phi) is 5.06. The number of aromatic nitrogens is 4. The van der Waals surface area contributed by atoms with E-state index >= 15 is 0 Å². The van der Waals surface area contributed by atoms with Crippen molar-refractivity contribution in [1.82, 2.24) is 19.8 Å². The predicted molar refractivity (Wildman–Crippen MR) is 96.6 cm³/mol. The molecule has 0 saturated heterocycles. The highest BCUT2D eigenvalue weighted by atomic mass is 32.1. The molecule has 0 bridgehead atoms. The van der Waals surface area contributed by atoms with Crippen molar-refractivity contribution in [3.63, 3.8) is 0 Å². The lowest BCUT2D eigenvalue weighted by molar-refractivity contribution is -0.917. The maximum Gasteiger partial charge on any atom is 0.225 e. The number of aryl methyl sites for hydroxylation is 2. The Morgan fingerprint density at radius 3 is 2.44 bits per heavy atom. The summed E-state index contributed by atoms with van der Waals surface area (Å²) < 4.78 is 16.9. The van der Waals surface area contributed by atoms with Gasteiger partial charge in [0.15, 0.2) is 6.67 Å². The van der Waals surface area contributed by atoms with Gasteiger partial charge in [0.25, 0.3) is 0 Å². The fourth-order valence-electron chi connectivity index (χ4n) is 2.66. The van der Waals surface area contributed by atoms with Gasteiger partial charge in [0.2, 0.25) is 4.77 Å². The fraction of sp³-hybridized carbons (Fsp3) is 0.278. The molecule has 3 aromatic rings. The first kappa shape index (κ1) is 17.4. The monoisotopic (exact) mass is 358 g/mol. The first-order chi connectivity index (χ1) is 11.9. The van der Waals surface area contributed by atoms with Crippen molar-refractivity contribution in [3.8, 4) is 5.69 Å². The van der Waals surface area contributed by atoms with E-state index in [0.717, 1.165) is 17.8 Å². The maximum absolute atomic E-state index is 13.0. The first-order valence-corrected chi connectivity index (χ1v) is 8.51. The normalized spacial score (nSPS) is 12.3. The van der Waals surface area contributed by atoms with E-state index in [0.29, 0.717) is 11.4 Å². The number of nitrogens with zero attached hydrogens (tertiary/aromatic N) is 4. The van der Waals surface area contributed by atoms with Crippen LogP contribution < -0.4 is 4.90 Å². The molecule has 0 radical (unpaired) electrons. The Bertz CT molecular complexity index is 929. The summed E-state index contributed by atoms with van der Waals surface area (Å²) in [7, 11) is 2.04. The van der Waals surface area contributed by atoms with E-state index < -0.39 is 0 Å². The summed E-state index contributed by atoms with van der Waals surface area (Å²) in [6.45, 7) is 5.47. The number of hydrogen-bond acceptors (Lipinski definition) is 3. The zero-order valence-electron chi connectivity index (χ0n) is 14.5. The largest absolute Gasteiger partial charge is 0.315 e. The van der Waals surface area contributed by atoms with Gasteiger partial charge in [-0.3, -0.25) is 0 Å². The van der Waals surface area contributed by atoms with Crippen LogP contribution in [0, 0.1) is 24.4 Å². The quantitative estimate of drug-likeness (QED) is 0.711. The molecule has 1 aromatic heterocycles. The number of benzene rings is 2. The molecule has 0 aliphatic carbocycles. The average molecular weight is 358 g/mol. The molecule has 25 heavy (non-hydrogen) atoms. The minimum absolute atomic E-state index is 0.222. The van der Waals surface area contributed by atoms with Gasteiger partial charge in [0.1, 0.15) is 12.4 Å². The molecule has 0 aliphatic rings. The Balaban J connectivity index is 1.75. The highest BCUT2D eigenvalue weighted by molar-refractivity contribution is 7.71. The molecule has 5 nitrogen and oxygen atoms in total. The number of nitrogens with one attached hydrogen (secondary N) is 1. The molecule has 7 heteroatoms. The Morgan fingerprint density at radius 1 is 1.04 bits per heavy atom. The fourth-order valence-corrected chi connectivity index (χ4v) is 2.90. The van der Waals surface area contributed by atoms with Crippen LogP contribution in [0.25, 0.3) is 5.69 Å². The number of rotatable bonds is 5. The molecular formula is C18H21FN5S+. The lowest BCUT2D eigenvalue weighted by Gasteiger charge is -2.13. The molecule has 1 heterocycles. The summed E-state index contributed by atoms with van der Waals surface area (Å²) in [6, 6.07) is 12.6. The molecule has 0 spiro atoms. The van der Waals surface area contributed by atoms with Gasteiger partial charge < -0.3 is 4.90 Å². The van der Waals surface area contributed by atoms with Crippen LogP contribution in [0.2, 0.25) is 0 Å². The predicted octanol–water partition coefficient (Wildman–Crippen LogP) is 2.23. The molecule has 1 unspecified atom stereocenters. The zero-order valence-corrected chi connectivity index (χ0v) is 15.3. The lowest BCUT2D eigenvalue weighted by atomic mass is 10.1. The van der Waals surface area contributed by atoms with Crippen molar-refractivity contribution in [2.24, 2.45) is 0 Å². The van der Waals surface area contributed by atoms with Crippen molar-refractivity contribution >= 4 is 12.2 Å². The molecule has 1 N–H and O–H groups in total. The van der Waals surface area contributed by atoms with Gasteiger partial charge in [0.05, 0.1) is 12.7 Å². The van der Waals surface area contributed by atoms with Gasteiger partial charge in [-0.15, -0.1) is 0 Å². The molecule has 130 valence electrons. The Labute approximate surface area is 151 Å². The van der Waals surface area contributed by atoms with E-state index in [-0.39, 0.29) is 5.82 Å². The van der Waals surface area contributed by atoms with E-state index in [4.69, 9.17) is 12.2 Å². The summed E-state index contributed by atoms with van der Waals surface area (Å²) in [5, 5.41) is 8.38. The van der Waals surface area contributed by atoms with E-state index in [1.54, 1.807) is 21.5 Å². The first-order valence-electron chi connectivity index (χ1n) is 8.10. The van der Waals surface area contributed by atoms with E-state index in [9.17, 15) is 4.39 Å². The number of quaternary nitrogens is 1. The molecule has 0 amide bonds. The van der Waals surface area contributed by atoms with Crippen molar-refractivity contribution in [3.05, 3.63) is 69.7 Å². The van der Waals surface area contributed by atoms with Crippen molar-refractivity contribution in [2.75, 3.05) is 7.05 Å². The number of hydrogen-bond donors (Lipinski definition) is 1. The second kappa shape index (κ2) is 7.25. The van der Waals surface area contributed by atoms with Crippen LogP contribution in [0.4, 0.5) is 4.39 Å². The van der Waals surface area contributed by atoms with E-state index in [1.165, 1.54) is 28.2 Å². The van der Waals surface area contributed by atoms with Gasteiger partial charge in [-0.1, -0.05) is 18.2 Å². The van der Waals surface area contributed by atoms with Gasteiger partial charge in [0, 0.05) is 5.56 Å². The van der Waals surface area contributed by atoms with Crippen LogP contribution in [0.15, 0.2) is 42.5 Å². The zero-order chi connectivity index (χ0) is 18.0. The Hall–Kier alpha value is -2.38. The molecule has 0 saturated carbocycles. The van der Waals surface area contributed by atoms with Crippen LogP contribution in [-0.2, 0) is 13.2 Å². The van der Waals surface area contributed by atoms with Crippen LogP contribution >= 0.6 is 12.2 Å². The SMILES string of the molecule is Cc1ccc(-n2nnn(C[NH+](C)Cc3ccc(F)cc3)c2=S)cc1C. The van der Waals surface area contributed by atoms with Gasteiger partial charge >= 0.3 is 0 Å². The van der Waals surface area contributed by atoms with Crippen LogP contribution in [0.3, 0.4) is 0 Å². The maximum atomic E-state index is 13.0. The van der Waals surface area contributed by atoms with E-state index in [1.807, 2.05) is 13.1 Å². The van der Waals surface area contributed by atoms with Gasteiger partial charge in [-0.25, -0.2) is 4.39 Å². The minimum Gasteiger partial charge on any atom is -0.315 e. The Morgan fingerprint density at radius 2 is 1.76 bits per heavy atom. The molecule has 0 aliphatic heterocycles. The summed E-state index contributed by atoms with van der Waals surface area (Å²) in [4.78, 5) is 1.18. The third kappa shape index (κ3) is 4.00. The van der Waals surface area contributed by atoms with Gasteiger partial charge in [-0.2, -0.15) is 9.36 Å². The standard InChI is InChI=1S/C18H20FN5S/c1-13-4-9-17(10-14(13)2)24-18(25)23(20-21-24)12-22(3)11-15-5-7-16(19)8-6-15/h4-10H,11-12H2,1-3H3/p+1. The van der Waals surface area contributed by atoms with Crippen LogP contribution in [0.1, 0.15) is 16.7 Å². The van der Waals surface area contributed by atoms with Crippen molar-refractivity contribution < 1.29 is 9.29 Å². The minimum atomic E-state index is -0.222. The second-order valence-corrected chi connectivity index (χ2v) is 6.72. The summed E-state index contributed by atoms with van der Waals surface area (Å²) in [5.41, 5.74) is 4.39. The average Bonchev–Trinajstić information content (AvgIpc) is 2.93. The second-order valence-electron chi connectivity index (χ2n) is 6.36. The summed E-state index contributed by atoms with van der Waals surface area (Å²) in [6.07, 6.45) is 0.